The summed E-state index contributed by atoms with van der Waals surface area (Å²) < 4.78 is 14.0. The van der Waals surface area contributed by atoms with Crippen molar-refractivity contribution in [3.63, 3.8) is 0 Å². The SMILES string of the molecule is CN1CCC2(CC1)CN(C(=O)c1ccc(Cl)cc1Cl)c1ccc(F)cc12. The zero-order valence-electron chi connectivity index (χ0n) is 14.4. The average Bonchev–Trinajstić information content (AvgIpc) is 2.91. The van der Waals surface area contributed by atoms with Gasteiger partial charge in [0.15, 0.2) is 0 Å². The van der Waals surface area contributed by atoms with Gasteiger partial charge >= 0.3 is 0 Å². The summed E-state index contributed by atoms with van der Waals surface area (Å²) in [6.45, 7) is 2.41. The summed E-state index contributed by atoms with van der Waals surface area (Å²) in [6, 6.07) is 9.60. The van der Waals surface area contributed by atoms with Crippen LogP contribution in [-0.4, -0.2) is 37.5 Å². The molecule has 2 aliphatic rings. The molecule has 2 aliphatic heterocycles. The quantitative estimate of drug-likeness (QED) is 0.698. The number of hydrogen-bond acceptors (Lipinski definition) is 2. The predicted molar refractivity (Wildman–Crippen MR) is 103 cm³/mol. The molecule has 2 aromatic carbocycles. The van der Waals surface area contributed by atoms with Crippen molar-refractivity contribution in [2.24, 2.45) is 0 Å². The summed E-state index contributed by atoms with van der Waals surface area (Å²) in [4.78, 5) is 17.2. The van der Waals surface area contributed by atoms with Crippen molar-refractivity contribution in [3.8, 4) is 0 Å². The van der Waals surface area contributed by atoms with Gasteiger partial charge in [-0.1, -0.05) is 23.2 Å². The van der Waals surface area contributed by atoms with E-state index in [9.17, 15) is 9.18 Å². The summed E-state index contributed by atoms with van der Waals surface area (Å²) in [5, 5.41) is 0.817. The van der Waals surface area contributed by atoms with Crippen LogP contribution in [0.15, 0.2) is 36.4 Å². The molecule has 4 rings (SSSR count). The molecule has 136 valence electrons. The third-order valence-electron chi connectivity index (χ3n) is 5.63. The number of piperidine rings is 1. The summed E-state index contributed by atoms with van der Waals surface area (Å²) in [5.74, 6) is -0.434. The zero-order chi connectivity index (χ0) is 18.5. The summed E-state index contributed by atoms with van der Waals surface area (Å²) in [6.07, 6.45) is 1.80. The Bertz CT molecular complexity index is 878. The van der Waals surface area contributed by atoms with Gasteiger partial charge in [-0.05, 0) is 74.9 Å². The first-order chi connectivity index (χ1) is 12.4. The molecular formula is C20H19Cl2FN2O. The van der Waals surface area contributed by atoms with E-state index in [0.29, 0.717) is 22.2 Å². The molecule has 0 unspecified atom stereocenters. The van der Waals surface area contributed by atoms with Gasteiger partial charge in [0.25, 0.3) is 5.91 Å². The molecule has 1 saturated heterocycles. The Morgan fingerprint density at radius 3 is 2.54 bits per heavy atom. The molecule has 2 heterocycles. The van der Waals surface area contributed by atoms with Crippen LogP contribution in [0.5, 0.6) is 0 Å². The van der Waals surface area contributed by atoms with Gasteiger partial charge in [-0.15, -0.1) is 0 Å². The highest BCUT2D eigenvalue weighted by atomic mass is 35.5. The van der Waals surface area contributed by atoms with Crippen molar-refractivity contribution in [3.05, 3.63) is 63.4 Å². The van der Waals surface area contributed by atoms with Crippen LogP contribution in [0.1, 0.15) is 28.8 Å². The topological polar surface area (TPSA) is 23.6 Å². The monoisotopic (exact) mass is 392 g/mol. The molecule has 6 heteroatoms. The second kappa shape index (κ2) is 6.52. The number of likely N-dealkylation sites (tertiary alicyclic amines) is 1. The Kier molecular flexibility index (Phi) is 4.46. The highest BCUT2D eigenvalue weighted by Crippen LogP contribution is 2.47. The number of anilines is 1. The van der Waals surface area contributed by atoms with E-state index >= 15 is 0 Å². The molecule has 0 radical (unpaired) electrons. The van der Waals surface area contributed by atoms with E-state index in [4.69, 9.17) is 23.2 Å². The first kappa shape index (κ1) is 17.8. The Hall–Kier alpha value is -1.62. The van der Waals surface area contributed by atoms with Gasteiger partial charge in [0, 0.05) is 22.7 Å². The maximum Gasteiger partial charge on any atom is 0.259 e. The fourth-order valence-corrected chi connectivity index (χ4v) is 4.59. The molecular weight excluding hydrogens is 374 g/mol. The molecule has 1 spiro atoms. The smallest absolute Gasteiger partial charge is 0.259 e. The number of halogens is 3. The van der Waals surface area contributed by atoms with Gasteiger partial charge in [0.2, 0.25) is 0 Å². The van der Waals surface area contributed by atoms with Gasteiger partial charge in [0.05, 0.1) is 10.6 Å². The molecule has 1 amide bonds. The number of carbonyl (C=O) groups is 1. The summed E-state index contributed by atoms with van der Waals surface area (Å²) in [7, 11) is 2.09. The van der Waals surface area contributed by atoms with E-state index in [2.05, 4.69) is 11.9 Å². The van der Waals surface area contributed by atoms with Crippen molar-refractivity contribution in [2.45, 2.75) is 18.3 Å². The molecule has 0 aromatic heterocycles. The van der Waals surface area contributed by atoms with E-state index in [1.165, 1.54) is 6.07 Å². The Labute approximate surface area is 162 Å². The normalized spacial score (nSPS) is 19.0. The zero-order valence-corrected chi connectivity index (χ0v) is 15.9. The van der Waals surface area contributed by atoms with Gasteiger partial charge in [-0.2, -0.15) is 0 Å². The average molecular weight is 393 g/mol. The highest BCUT2D eigenvalue weighted by Gasteiger charge is 2.46. The van der Waals surface area contributed by atoms with Crippen molar-refractivity contribution >= 4 is 34.8 Å². The molecule has 26 heavy (non-hydrogen) atoms. The van der Waals surface area contributed by atoms with Crippen LogP contribution in [-0.2, 0) is 5.41 Å². The standard InChI is InChI=1S/C20H19Cl2FN2O/c1-24-8-6-20(7-9-24)12-25(18-5-3-14(23)11-16(18)20)19(26)15-4-2-13(21)10-17(15)22/h2-5,10-11H,6-9,12H2,1H3. The third-order valence-corrected chi connectivity index (χ3v) is 6.18. The Balaban J connectivity index is 1.76. The fraction of sp³-hybridized carbons (Fsp3) is 0.350. The lowest BCUT2D eigenvalue weighted by atomic mass is 9.74. The van der Waals surface area contributed by atoms with Gasteiger partial charge in [-0.3, -0.25) is 4.79 Å². The largest absolute Gasteiger partial charge is 0.307 e. The minimum absolute atomic E-state index is 0.171. The minimum Gasteiger partial charge on any atom is -0.307 e. The van der Waals surface area contributed by atoms with Crippen LogP contribution < -0.4 is 4.90 Å². The molecule has 0 N–H and O–H groups in total. The highest BCUT2D eigenvalue weighted by molar-refractivity contribution is 6.37. The first-order valence-corrected chi connectivity index (χ1v) is 9.41. The molecule has 2 aromatic rings. The van der Waals surface area contributed by atoms with Gasteiger partial charge in [-0.25, -0.2) is 4.39 Å². The number of hydrogen-bond donors (Lipinski definition) is 0. The molecule has 0 bridgehead atoms. The second-order valence-corrected chi connectivity index (χ2v) is 8.10. The van der Waals surface area contributed by atoms with Crippen LogP contribution in [0.2, 0.25) is 10.0 Å². The number of nitrogens with zero attached hydrogens (tertiary/aromatic N) is 2. The number of carbonyl (C=O) groups excluding carboxylic acids is 1. The van der Waals surface area contributed by atoms with Crippen LogP contribution in [0.25, 0.3) is 0 Å². The lowest BCUT2D eigenvalue weighted by Gasteiger charge is -2.38. The molecule has 0 atom stereocenters. The minimum atomic E-state index is -0.263. The predicted octanol–water partition coefficient (Wildman–Crippen LogP) is 4.76. The van der Waals surface area contributed by atoms with Gasteiger partial charge < -0.3 is 9.80 Å². The number of amides is 1. The van der Waals surface area contributed by atoms with E-state index in [0.717, 1.165) is 37.2 Å². The Morgan fingerprint density at radius 1 is 1.12 bits per heavy atom. The van der Waals surface area contributed by atoms with Crippen molar-refractivity contribution < 1.29 is 9.18 Å². The van der Waals surface area contributed by atoms with E-state index in [1.54, 1.807) is 35.2 Å². The van der Waals surface area contributed by atoms with Crippen LogP contribution in [0, 0.1) is 5.82 Å². The van der Waals surface area contributed by atoms with Crippen molar-refractivity contribution in [1.82, 2.24) is 4.90 Å². The lowest BCUT2D eigenvalue weighted by molar-refractivity contribution is 0.0979. The summed E-state index contributed by atoms with van der Waals surface area (Å²) >= 11 is 12.2. The third kappa shape index (κ3) is 2.90. The Morgan fingerprint density at radius 2 is 1.85 bits per heavy atom. The first-order valence-electron chi connectivity index (χ1n) is 8.65. The number of benzene rings is 2. The van der Waals surface area contributed by atoms with Crippen LogP contribution >= 0.6 is 23.2 Å². The fourth-order valence-electron chi connectivity index (χ4n) is 4.10. The molecule has 3 nitrogen and oxygen atoms in total. The maximum absolute atomic E-state index is 14.0. The van der Waals surface area contributed by atoms with Gasteiger partial charge in [0.1, 0.15) is 5.82 Å². The van der Waals surface area contributed by atoms with Crippen molar-refractivity contribution in [1.29, 1.82) is 0 Å². The van der Waals surface area contributed by atoms with E-state index in [1.807, 2.05) is 0 Å². The number of rotatable bonds is 1. The molecule has 0 aliphatic carbocycles. The van der Waals surface area contributed by atoms with Crippen LogP contribution in [0.4, 0.5) is 10.1 Å². The molecule has 1 fully saturated rings. The maximum atomic E-state index is 14.0. The summed E-state index contributed by atoms with van der Waals surface area (Å²) in [5.41, 5.74) is 1.94. The van der Waals surface area contributed by atoms with Crippen LogP contribution in [0.3, 0.4) is 0 Å². The van der Waals surface area contributed by atoms with E-state index in [-0.39, 0.29) is 17.1 Å². The second-order valence-electron chi connectivity index (χ2n) is 7.26. The number of fused-ring (bicyclic) bond motifs is 2. The molecule has 0 saturated carbocycles. The lowest BCUT2D eigenvalue weighted by Crippen LogP contribution is -2.44. The van der Waals surface area contributed by atoms with E-state index < -0.39 is 0 Å². The van der Waals surface area contributed by atoms with Crippen molar-refractivity contribution in [2.75, 3.05) is 31.6 Å².